The van der Waals surface area contributed by atoms with E-state index in [1.54, 1.807) is 0 Å². The first-order valence-electron chi connectivity index (χ1n) is 20.0. The van der Waals surface area contributed by atoms with Crippen molar-refractivity contribution in [3.8, 4) is 0 Å². The highest BCUT2D eigenvalue weighted by molar-refractivity contribution is 5.70. The van der Waals surface area contributed by atoms with Gasteiger partial charge in [0.15, 0.2) is 6.29 Å². The molecule has 0 aromatic heterocycles. The quantitative estimate of drug-likeness (QED) is 0.303. The second kappa shape index (κ2) is 15.0. The fourth-order valence-electron chi connectivity index (χ4n) is 11.5. The van der Waals surface area contributed by atoms with Crippen molar-refractivity contribution in [1.29, 1.82) is 0 Å². The third-order valence-electron chi connectivity index (χ3n) is 13.9. The molecule has 1 amide bonds. The van der Waals surface area contributed by atoms with Crippen molar-refractivity contribution >= 4 is 6.09 Å². The number of aliphatic hydroxyl groups excluding tert-OH is 1. The van der Waals surface area contributed by atoms with Crippen molar-refractivity contribution in [2.75, 3.05) is 6.61 Å². The van der Waals surface area contributed by atoms with Crippen molar-refractivity contribution in [3.05, 3.63) is 0 Å². The Balaban J connectivity index is 1.43. The summed E-state index contributed by atoms with van der Waals surface area (Å²) in [5.74, 6) is 4.48. The van der Waals surface area contributed by atoms with Crippen LogP contribution < -0.4 is 0 Å². The van der Waals surface area contributed by atoms with Crippen molar-refractivity contribution in [2.45, 2.75) is 189 Å². The maximum atomic E-state index is 14.3. The summed E-state index contributed by atoms with van der Waals surface area (Å²) in [5.41, 5.74) is -0.875. The van der Waals surface area contributed by atoms with Gasteiger partial charge in [-0.2, -0.15) is 0 Å². The van der Waals surface area contributed by atoms with E-state index in [1.807, 2.05) is 4.90 Å². The van der Waals surface area contributed by atoms with Gasteiger partial charge in [0.2, 0.25) is 0 Å². The monoisotopic (exact) mass is 676 g/mol. The molecule has 5 rings (SSSR count). The molecule has 5 aliphatic rings. The van der Waals surface area contributed by atoms with Crippen LogP contribution in [0.5, 0.6) is 0 Å². The minimum atomic E-state index is -0.623. The number of rotatable bonds is 6. The lowest BCUT2D eigenvalue weighted by Crippen LogP contribution is -2.60. The molecule has 278 valence electrons. The molecule has 2 saturated carbocycles. The molecule has 0 aromatic carbocycles. The summed E-state index contributed by atoms with van der Waals surface area (Å²) in [4.78, 5) is 16.2. The molecule has 16 atom stereocenters. The molecule has 3 saturated heterocycles. The fraction of sp³-hybridized carbons (Fsp3) is 0.976. The summed E-state index contributed by atoms with van der Waals surface area (Å²) in [7, 11) is 0. The highest BCUT2D eigenvalue weighted by Gasteiger charge is 2.55. The second-order valence-corrected chi connectivity index (χ2v) is 19.3. The van der Waals surface area contributed by atoms with Crippen LogP contribution in [0, 0.1) is 59.2 Å². The molecule has 0 bridgehead atoms. The normalized spacial score (nSPS) is 42.6. The Morgan fingerprint density at radius 2 is 1.35 bits per heavy atom. The topological polar surface area (TPSA) is 77.5 Å². The first-order chi connectivity index (χ1) is 22.4. The first kappa shape index (κ1) is 38.3. The second-order valence-electron chi connectivity index (χ2n) is 19.3. The highest BCUT2D eigenvalue weighted by Crippen LogP contribution is 2.53. The summed E-state index contributed by atoms with van der Waals surface area (Å²) >= 11 is 0. The number of carbonyl (C=O) groups is 1. The van der Waals surface area contributed by atoms with E-state index in [0.29, 0.717) is 59.9 Å². The van der Waals surface area contributed by atoms with Crippen LogP contribution in [-0.4, -0.2) is 70.6 Å². The fourth-order valence-corrected chi connectivity index (χ4v) is 11.5. The Bertz CT molecular complexity index is 1050. The van der Waals surface area contributed by atoms with Crippen molar-refractivity contribution in [3.63, 3.8) is 0 Å². The number of hydrogen-bond donors (Lipinski definition) is 1. The van der Waals surface area contributed by atoms with Crippen LogP contribution in [0.4, 0.5) is 4.79 Å². The lowest BCUT2D eigenvalue weighted by atomic mass is 9.59. The molecule has 3 aliphatic heterocycles. The van der Waals surface area contributed by atoms with E-state index in [1.165, 1.54) is 25.7 Å². The smallest absolute Gasteiger partial charge is 0.411 e. The molecule has 0 spiro atoms. The summed E-state index contributed by atoms with van der Waals surface area (Å²) in [6.45, 7) is 26.9. The van der Waals surface area contributed by atoms with Crippen LogP contribution in [0.2, 0.25) is 0 Å². The molecule has 1 N–H and O–H groups in total. The summed E-state index contributed by atoms with van der Waals surface area (Å²) in [5, 5.41) is 12.2. The SMILES string of the molecule is CC1CCC2C(C)CCC(C(C)C(O)CC(OC(=O)N(C(C)(C)C)C(C)(C)C)C3OC4OC(C)CCC5C(C)CCC(C3C)C45)C2CO1. The molecule has 0 radical (unpaired) electrons. The highest BCUT2D eigenvalue weighted by atomic mass is 16.7. The van der Waals surface area contributed by atoms with Gasteiger partial charge in [-0.15, -0.1) is 0 Å². The summed E-state index contributed by atoms with van der Waals surface area (Å²) < 4.78 is 26.7. The Morgan fingerprint density at radius 3 is 2.02 bits per heavy atom. The van der Waals surface area contributed by atoms with Gasteiger partial charge in [0, 0.05) is 23.4 Å². The third kappa shape index (κ3) is 8.10. The Labute approximate surface area is 293 Å². The lowest BCUT2D eigenvalue weighted by molar-refractivity contribution is -0.293. The molecular weight excluding hydrogens is 602 g/mol. The maximum Gasteiger partial charge on any atom is 0.411 e. The van der Waals surface area contributed by atoms with Crippen molar-refractivity contribution in [2.24, 2.45) is 59.2 Å². The lowest BCUT2D eigenvalue weighted by Gasteiger charge is -2.54. The number of amides is 1. The number of carbonyl (C=O) groups excluding carboxylic acids is 1. The zero-order valence-corrected chi connectivity index (χ0v) is 32.7. The molecule has 0 aromatic rings. The van der Waals surface area contributed by atoms with E-state index in [9.17, 15) is 9.90 Å². The van der Waals surface area contributed by atoms with Gasteiger partial charge in [-0.3, -0.25) is 4.90 Å². The summed E-state index contributed by atoms with van der Waals surface area (Å²) in [6.07, 6.45) is 7.86. The van der Waals surface area contributed by atoms with E-state index in [-0.39, 0.29) is 36.4 Å². The molecular formula is C41H73NO6. The van der Waals surface area contributed by atoms with Gasteiger partial charge in [-0.25, -0.2) is 4.79 Å². The maximum absolute atomic E-state index is 14.3. The van der Waals surface area contributed by atoms with Gasteiger partial charge < -0.3 is 24.1 Å². The molecule has 48 heavy (non-hydrogen) atoms. The molecule has 2 aliphatic carbocycles. The van der Waals surface area contributed by atoms with Gasteiger partial charge in [-0.05, 0) is 147 Å². The number of hydrogen-bond acceptors (Lipinski definition) is 6. The number of aliphatic hydroxyl groups is 1. The third-order valence-corrected chi connectivity index (χ3v) is 13.9. The van der Waals surface area contributed by atoms with E-state index in [4.69, 9.17) is 18.9 Å². The largest absolute Gasteiger partial charge is 0.443 e. The van der Waals surface area contributed by atoms with Crippen molar-refractivity contribution in [1.82, 2.24) is 4.90 Å². The number of ether oxygens (including phenoxy) is 4. The van der Waals surface area contributed by atoms with Crippen LogP contribution in [0.3, 0.4) is 0 Å². The minimum Gasteiger partial charge on any atom is -0.443 e. The molecule has 16 unspecified atom stereocenters. The molecule has 3 heterocycles. The predicted molar refractivity (Wildman–Crippen MR) is 191 cm³/mol. The van der Waals surface area contributed by atoms with Gasteiger partial charge in [0.05, 0.1) is 24.9 Å². The van der Waals surface area contributed by atoms with Gasteiger partial charge in [-0.1, -0.05) is 40.5 Å². The van der Waals surface area contributed by atoms with E-state index in [0.717, 1.165) is 32.3 Å². The zero-order valence-electron chi connectivity index (χ0n) is 32.7. The molecule has 5 fully saturated rings. The Hall–Kier alpha value is -0.890. The summed E-state index contributed by atoms with van der Waals surface area (Å²) in [6, 6.07) is 0. The van der Waals surface area contributed by atoms with Gasteiger partial charge >= 0.3 is 6.09 Å². The molecule has 7 nitrogen and oxygen atoms in total. The van der Waals surface area contributed by atoms with Crippen LogP contribution >= 0.6 is 0 Å². The van der Waals surface area contributed by atoms with Crippen LogP contribution in [0.1, 0.15) is 141 Å². The van der Waals surface area contributed by atoms with E-state index < -0.39 is 23.3 Å². The number of nitrogens with zero attached hydrogens (tertiary/aromatic N) is 1. The average Bonchev–Trinajstić information content (AvgIpc) is 3.28. The Morgan fingerprint density at radius 1 is 0.771 bits per heavy atom. The van der Waals surface area contributed by atoms with E-state index in [2.05, 4.69) is 83.1 Å². The van der Waals surface area contributed by atoms with Crippen LogP contribution in [0.25, 0.3) is 0 Å². The predicted octanol–water partition coefficient (Wildman–Crippen LogP) is 9.09. The minimum absolute atomic E-state index is 0.0604. The number of fused-ring (bicyclic) bond motifs is 1. The van der Waals surface area contributed by atoms with E-state index >= 15 is 0 Å². The average molecular weight is 676 g/mol. The standard InChI is InChI=1S/C41H73NO6/c1-23-13-17-31(33-22-45-25(3)15-19-29(23)33)27(5)34(43)21-35(47-39(44)42(40(7,8)9)41(10,11)12)37-28(6)32-18-14-24(2)30-20-16-26(4)46-38(48-37)36(30)32/h23-38,43H,13-22H2,1-12H3. The van der Waals surface area contributed by atoms with Crippen LogP contribution in [0.15, 0.2) is 0 Å². The van der Waals surface area contributed by atoms with Gasteiger partial charge in [0.25, 0.3) is 0 Å². The Kier molecular flexibility index (Phi) is 12.0. The van der Waals surface area contributed by atoms with Crippen LogP contribution in [-0.2, 0) is 18.9 Å². The molecule has 7 heteroatoms. The van der Waals surface area contributed by atoms with Gasteiger partial charge in [0.1, 0.15) is 12.2 Å². The zero-order chi connectivity index (χ0) is 35.3. The first-order valence-corrected chi connectivity index (χ1v) is 20.0. The van der Waals surface area contributed by atoms with Crippen molar-refractivity contribution < 1.29 is 28.8 Å².